The monoisotopic (exact) mass is 417 g/mol. The highest BCUT2D eigenvalue weighted by Gasteiger charge is 2.17. The van der Waals surface area contributed by atoms with Crippen molar-refractivity contribution in [2.45, 2.75) is 38.6 Å². The number of benzene rings is 1. The molecule has 148 valence electrons. The summed E-state index contributed by atoms with van der Waals surface area (Å²) in [5, 5.41) is 6.33. The van der Waals surface area contributed by atoms with E-state index < -0.39 is 10.0 Å². The van der Waals surface area contributed by atoms with Crippen LogP contribution in [0, 0.1) is 20.8 Å². The molecule has 0 saturated heterocycles. The van der Waals surface area contributed by atoms with E-state index >= 15 is 0 Å². The number of hydrogen-bond donors (Lipinski definition) is 1. The predicted molar refractivity (Wildman–Crippen MR) is 112 cm³/mol. The van der Waals surface area contributed by atoms with E-state index in [9.17, 15) is 13.2 Å². The van der Waals surface area contributed by atoms with Gasteiger partial charge in [0.1, 0.15) is 5.69 Å². The van der Waals surface area contributed by atoms with Crippen molar-refractivity contribution in [1.29, 1.82) is 0 Å². The SMILES string of the molecule is Cc1cc(C)c(S(=O)(=O)NCCCn2nc(-c3cccs3)ccc2=O)cc1C. The average molecular weight is 418 g/mol. The van der Waals surface area contributed by atoms with Gasteiger partial charge in [-0.3, -0.25) is 4.79 Å². The summed E-state index contributed by atoms with van der Waals surface area (Å²) < 4.78 is 29.2. The highest BCUT2D eigenvalue weighted by Crippen LogP contribution is 2.21. The zero-order chi connectivity index (χ0) is 20.3. The van der Waals surface area contributed by atoms with Crippen LogP contribution in [0.25, 0.3) is 10.6 Å². The van der Waals surface area contributed by atoms with Crippen LogP contribution in [0.1, 0.15) is 23.1 Å². The van der Waals surface area contributed by atoms with Crippen molar-refractivity contribution in [3.05, 3.63) is 68.8 Å². The van der Waals surface area contributed by atoms with Gasteiger partial charge in [-0.25, -0.2) is 17.8 Å². The molecule has 3 aromatic rings. The first-order valence-electron chi connectivity index (χ1n) is 8.97. The summed E-state index contributed by atoms with van der Waals surface area (Å²) in [5.41, 5.74) is 3.26. The molecule has 0 aliphatic heterocycles. The molecule has 0 aliphatic carbocycles. The molecule has 0 spiro atoms. The van der Waals surface area contributed by atoms with Crippen LogP contribution < -0.4 is 10.3 Å². The molecular formula is C20H23N3O3S2. The van der Waals surface area contributed by atoms with Gasteiger partial charge in [0, 0.05) is 19.2 Å². The molecule has 3 rings (SSSR count). The molecule has 0 bridgehead atoms. The van der Waals surface area contributed by atoms with Crippen molar-refractivity contribution in [2.75, 3.05) is 6.54 Å². The Morgan fingerprint density at radius 2 is 1.82 bits per heavy atom. The van der Waals surface area contributed by atoms with E-state index in [1.807, 2.05) is 37.4 Å². The maximum absolute atomic E-state index is 12.6. The summed E-state index contributed by atoms with van der Waals surface area (Å²) in [5.74, 6) is 0. The fraction of sp³-hybridized carbons (Fsp3) is 0.300. The van der Waals surface area contributed by atoms with Crippen LogP contribution in [0.4, 0.5) is 0 Å². The summed E-state index contributed by atoms with van der Waals surface area (Å²) in [7, 11) is -3.59. The third-order valence-corrected chi connectivity index (χ3v) is 7.06. The molecule has 0 saturated carbocycles. The van der Waals surface area contributed by atoms with Gasteiger partial charge in [0.2, 0.25) is 10.0 Å². The lowest BCUT2D eigenvalue weighted by atomic mass is 10.1. The van der Waals surface area contributed by atoms with Crippen molar-refractivity contribution in [2.24, 2.45) is 0 Å². The van der Waals surface area contributed by atoms with E-state index in [0.29, 0.717) is 17.9 Å². The quantitative estimate of drug-likeness (QED) is 0.598. The Morgan fingerprint density at radius 1 is 1.07 bits per heavy atom. The van der Waals surface area contributed by atoms with Crippen LogP contribution in [-0.4, -0.2) is 24.7 Å². The maximum atomic E-state index is 12.6. The van der Waals surface area contributed by atoms with E-state index in [4.69, 9.17) is 0 Å². The Morgan fingerprint density at radius 3 is 2.54 bits per heavy atom. The van der Waals surface area contributed by atoms with E-state index in [1.54, 1.807) is 30.4 Å². The van der Waals surface area contributed by atoms with Gasteiger partial charge < -0.3 is 0 Å². The number of hydrogen-bond acceptors (Lipinski definition) is 5. The van der Waals surface area contributed by atoms with Crippen LogP contribution in [-0.2, 0) is 16.6 Å². The van der Waals surface area contributed by atoms with Gasteiger partial charge in [-0.2, -0.15) is 5.10 Å². The van der Waals surface area contributed by atoms with Gasteiger partial charge in [0.25, 0.3) is 5.56 Å². The lowest BCUT2D eigenvalue weighted by molar-refractivity contribution is 0.536. The first-order chi connectivity index (χ1) is 13.3. The number of sulfonamides is 1. The molecule has 1 aromatic carbocycles. The van der Waals surface area contributed by atoms with Crippen molar-refractivity contribution >= 4 is 21.4 Å². The molecule has 6 nitrogen and oxygen atoms in total. The fourth-order valence-electron chi connectivity index (χ4n) is 2.90. The van der Waals surface area contributed by atoms with Gasteiger partial charge >= 0.3 is 0 Å². The molecule has 0 fully saturated rings. The van der Waals surface area contributed by atoms with Crippen molar-refractivity contribution in [3.63, 3.8) is 0 Å². The van der Waals surface area contributed by atoms with Crippen LogP contribution in [0.3, 0.4) is 0 Å². The number of rotatable bonds is 7. The standard InChI is InChI=1S/C20H23N3O3S2/c1-14-12-16(3)19(13-15(14)2)28(25,26)21-9-5-10-23-20(24)8-7-17(22-23)18-6-4-11-27-18/h4,6-8,11-13,21H,5,9-10H2,1-3H3. The highest BCUT2D eigenvalue weighted by molar-refractivity contribution is 7.89. The average Bonchev–Trinajstić information content (AvgIpc) is 3.17. The first kappa shape index (κ1) is 20.4. The molecule has 0 radical (unpaired) electrons. The van der Waals surface area contributed by atoms with E-state index in [0.717, 1.165) is 27.3 Å². The minimum Gasteiger partial charge on any atom is -0.268 e. The first-order valence-corrected chi connectivity index (χ1v) is 11.3. The van der Waals surface area contributed by atoms with Gasteiger partial charge in [-0.15, -0.1) is 11.3 Å². The third kappa shape index (κ3) is 4.57. The van der Waals surface area contributed by atoms with Crippen molar-refractivity contribution < 1.29 is 8.42 Å². The normalized spacial score (nSPS) is 11.7. The van der Waals surface area contributed by atoms with Gasteiger partial charge in [0.15, 0.2) is 0 Å². The largest absolute Gasteiger partial charge is 0.268 e. The van der Waals surface area contributed by atoms with Gasteiger partial charge in [-0.1, -0.05) is 12.1 Å². The van der Waals surface area contributed by atoms with E-state index in [-0.39, 0.29) is 12.1 Å². The predicted octanol–water partition coefficient (Wildman–Crippen LogP) is 3.27. The molecule has 28 heavy (non-hydrogen) atoms. The zero-order valence-electron chi connectivity index (χ0n) is 16.1. The second-order valence-corrected chi connectivity index (χ2v) is 9.39. The number of aromatic nitrogens is 2. The number of aryl methyl sites for hydroxylation is 4. The Balaban J connectivity index is 1.65. The highest BCUT2D eigenvalue weighted by atomic mass is 32.2. The lowest BCUT2D eigenvalue weighted by Gasteiger charge is -2.12. The van der Waals surface area contributed by atoms with Crippen LogP contribution >= 0.6 is 11.3 Å². The lowest BCUT2D eigenvalue weighted by Crippen LogP contribution is -2.28. The molecule has 2 heterocycles. The summed E-state index contributed by atoms with van der Waals surface area (Å²) in [4.78, 5) is 13.3. The molecule has 0 aliphatic rings. The Bertz CT molecular complexity index is 1130. The molecule has 8 heteroatoms. The fourth-order valence-corrected chi connectivity index (χ4v) is 4.98. The van der Waals surface area contributed by atoms with Gasteiger partial charge in [0.05, 0.1) is 9.77 Å². The second-order valence-electron chi connectivity index (χ2n) is 6.71. The number of nitrogens with zero attached hydrogens (tertiary/aromatic N) is 2. The molecule has 0 amide bonds. The molecule has 0 unspecified atom stereocenters. The molecule has 2 aromatic heterocycles. The van der Waals surface area contributed by atoms with E-state index in [2.05, 4.69) is 9.82 Å². The summed E-state index contributed by atoms with van der Waals surface area (Å²) in [6.07, 6.45) is 0.462. The summed E-state index contributed by atoms with van der Waals surface area (Å²) in [6.45, 7) is 6.22. The molecule has 0 atom stereocenters. The minimum atomic E-state index is -3.59. The summed E-state index contributed by atoms with van der Waals surface area (Å²) in [6, 6.07) is 10.6. The van der Waals surface area contributed by atoms with Crippen LogP contribution in [0.5, 0.6) is 0 Å². The smallest absolute Gasteiger partial charge is 0.266 e. The minimum absolute atomic E-state index is 0.201. The Labute approximate surface area is 168 Å². The third-order valence-electron chi connectivity index (χ3n) is 4.56. The van der Waals surface area contributed by atoms with Crippen LogP contribution in [0.15, 0.2) is 51.5 Å². The van der Waals surface area contributed by atoms with Crippen molar-refractivity contribution in [1.82, 2.24) is 14.5 Å². The maximum Gasteiger partial charge on any atom is 0.266 e. The number of thiophene rings is 1. The molecular weight excluding hydrogens is 394 g/mol. The molecule has 1 N–H and O–H groups in total. The van der Waals surface area contributed by atoms with Gasteiger partial charge in [-0.05, 0) is 67.5 Å². The van der Waals surface area contributed by atoms with E-state index in [1.165, 1.54) is 10.7 Å². The zero-order valence-corrected chi connectivity index (χ0v) is 17.7. The topological polar surface area (TPSA) is 81.1 Å². The second kappa shape index (κ2) is 8.38. The van der Waals surface area contributed by atoms with Crippen molar-refractivity contribution in [3.8, 4) is 10.6 Å². The van der Waals surface area contributed by atoms with Crippen LogP contribution in [0.2, 0.25) is 0 Å². The summed E-state index contributed by atoms with van der Waals surface area (Å²) >= 11 is 1.55. The Hall–Kier alpha value is -2.29. The number of nitrogens with one attached hydrogen (secondary N) is 1. The Kier molecular flexibility index (Phi) is 6.12.